The minimum atomic E-state index is -1.77. The lowest BCUT2D eigenvalue weighted by Gasteiger charge is -2.30. The van der Waals surface area contributed by atoms with E-state index in [9.17, 15) is 4.79 Å². The molecule has 1 aromatic carbocycles. The highest BCUT2D eigenvalue weighted by Crippen LogP contribution is 2.47. The molecule has 1 aliphatic rings. The van der Waals surface area contributed by atoms with Gasteiger partial charge >= 0.3 is 14.6 Å². The van der Waals surface area contributed by atoms with Crippen LogP contribution in [0.4, 0.5) is 0 Å². The SMILES string of the molecule is C[Si](C)(C)OCC(COP1OC(=O)c2ccccc2O1)O[Si](C)(C)C. The predicted octanol–water partition coefficient (Wildman–Crippen LogP) is 4.55. The van der Waals surface area contributed by atoms with Gasteiger partial charge in [0.15, 0.2) is 16.6 Å². The van der Waals surface area contributed by atoms with E-state index in [0.717, 1.165) is 0 Å². The lowest BCUT2D eigenvalue weighted by Crippen LogP contribution is -2.40. The molecule has 1 aliphatic heterocycles. The summed E-state index contributed by atoms with van der Waals surface area (Å²) in [7, 11) is -5.18. The van der Waals surface area contributed by atoms with Gasteiger partial charge in [-0.15, -0.1) is 0 Å². The average molecular weight is 403 g/mol. The zero-order valence-electron chi connectivity index (χ0n) is 15.7. The second kappa shape index (κ2) is 8.28. The molecule has 9 heteroatoms. The maximum atomic E-state index is 12.0. The lowest BCUT2D eigenvalue weighted by atomic mass is 10.2. The van der Waals surface area contributed by atoms with Crippen molar-refractivity contribution < 1.29 is 27.2 Å². The van der Waals surface area contributed by atoms with Crippen LogP contribution < -0.4 is 4.52 Å². The number of benzene rings is 1. The third-order valence-electron chi connectivity index (χ3n) is 3.03. The first kappa shape index (κ1) is 20.5. The minimum Gasteiger partial charge on any atom is -0.417 e. The molecule has 0 radical (unpaired) electrons. The molecule has 2 rings (SSSR count). The van der Waals surface area contributed by atoms with Gasteiger partial charge < -0.3 is 17.9 Å². The topological polar surface area (TPSA) is 63.2 Å². The van der Waals surface area contributed by atoms with Crippen molar-refractivity contribution in [1.29, 1.82) is 0 Å². The summed E-state index contributed by atoms with van der Waals surface area (Å²) in [5, 5.41) is 0. The number of rotatable bonds is 8. The van der Waals surface area contributed by atoms with Gasteiger partial charge in [-0.25, -0.2) is 4.79 Å². The first-order valence-corrected chi connectivity index (χ1v) is 16.2. The molecule has 0 aliphatic carbocycles. The lowest BCUT2D eigenvalue weighted by molar-refractivity contribution is 0.0529. The van der Waals surface area contributed by atoms with E-state index in [1.807, 2.05) is 6.07 Å². The van der Waals surface area contributed by atoms with Crippen molar-refractivity contribution in [2.75, 3.05) is 13.2 Å². The molecule has 2 unspecified atom stereocenters. The van der Waals surface area contributed by atoms with Crippen LogP contribution in [0.1, 0.15) is 10.4 Å². The van der Waals surface area contributed by atoms with Crippen LogP contribution in [0.25, 0.3) is 0 Å². The monoisotopic (exact) mass is 402 g/mol. The third kappa shape index (κ3) is 7.17. The van der Waals surface area contributed by atoms with Crippen molar-refractivity contribution in [3.05, 3.63) is 29.8 Å². The predicted molar refractivity (Wildman–Crippen MR) is 103 cm³/mol. The number of fused-ring (bicyclic) bond motifs is 1. The molecule has 1 aromatic rings. The number of para-hydroxylation sites is 1. The van der Waals surface area contributed by atoms with Crippen molar-refractivity contribution in [3.8, 4) is 5.75 Å². The van der Waals surface area contributed by atoms with Gasteiger partial charge in [0.1, 0.15) is 11.3 Å². The van der Waals surface area contributed by atoms with Crippen molar-refractivity contribution in [1.82, 2.24) is 0 Å². The fraction of sp³-hybridized carbons (Fsp3) is 0.562. The van der Waals surface area contributed by atoms with E-state index in [1.54, 1.807) is 18.2 Å². The van der Waals surface area contributed by atoms with Gasteiger partial charge in [0, 0.05) is 0 Å². The van der Waals surface area contributed by atoms with Gasteiger partial charge in [0.2, 0.25) is 0 Å². The van der Waals surface area contributed by atoms with Crippen LogP contribution in [0.3, 0.4) is 0 Å². The molecule has 25 heavy (non-hydrogen) atoms. The first-order valence-electron chi connectivity index (χ1n) is 8.28. The summed E-state index contributed by atoms with van der Waals surface area (Å²) in [5.41, 5.74) is 0.418. The molecule has 0 amide bonds. The Hall–Kier alpha value is -0.766. The Morgan fingerprint density at radius 3 is 2.32 bits per heavy atom. The average Bonchev–Trinajstić information content (AvgIpc) is 2.48. The molecule has 0 fully saturated rings. The Morgan fingerprint density at radius 1 is 1.00 bits per heavy atom. The van der Waals surface area contributed by atoms with Gasteiger partial charge in [-0.1, -0.05) is 12.1 Å². The zero-order chi connectivity index (χ0) is 18.7. The van der Waals surface area contributed by atoms with E-state index >= 15 is 0 Å². The molecule has 1 heterocycles. The number of carbonyl (C=O) groups excluding carboxylic acids is 1. The van der Waals surface area contributed by atoms with Crippen molar-refractivity contribution in [3.63, 3.8) is 0 Å². The molecule has 0 aromatic heterocycles. The molecule has 0 N–H and O–H groups in total. The quantitative estimate of drug-likeness (QED) is 0.469. The maximum absolute atomic E-state index is 12.0. The smallest absolute Gasteiger partial charge is 0.417 e. The molecule has 0 saturated carbocycles. The van der Waals surface area contributed by atoms with E-state index in [2.05, 4.69) is 39.3 Å². The number of hydrogen-bond acceptors (Lipinski definition) is 6. The van der Waals surface area contributed by atoms with Gasteiger partial charge in [-0.2, -0.15) is 0 Å². The second-order valence-corrected chi connectivity index (χ2v) is 17.8. The van der Waals surface area contributed by atoms with E-state index < -0.39 is 31.2 Å². The summed E-state index contributed by atoms with van der Waals surface area (Å²) in [4.78, 5) is 12.0. The fourth-order valence-corrected chi connectivity index (χ4v) is 4.89. The standard InChI is InChI=1S/C16H27O6PSi2/c1-24(2,3)19-12-13(22-25(4,5)6)11-18-23-20-15-10-8-7-9-14(15)16(17)21-23/h7-10,13H,11-12H2,1-6H3. The summed E-state index contributed by atoms with van der Waals surface area (Å²) < 4.78 is 28.7. The van der Waals surface area contributed by atoms with Gasteiger partial charge in [0.25, 0.3) is 0 Å². The van der Waals surface area contributed by atoms with Crippen molar-refractivity contribution in [2.24, 2.45) is 0 Å². The summed E-state index contributed by atoms with van der Waals surface area (Å²) in [6.07, 6.45) is -0.208. The van der Waals surface area contributed by atoms with Crippen LogP contribution in [0.2, 0.25) is 39.3 Å². The summed E-state index contributed by atoms with van der Waals surface area (Å²) >= 11 is 0. The van der Waals surface area contributed by atoms with E-state index in [1.165, 1.54) is 0 Å². The minimum absolute atomic E-state index is 0.208. The van der Waals surface area contributed by atoms with Crippen LogP contribution in [0.15, 0.2) is 24.3 Å². The Kier molecular flexibility index (Phi) is 6.81. The first-order chi connectivity index (χ1) is 11.5. The molecule has 2 atom stereocenters. The fourth-order valence-electron chi connectivity index (χ4n) is 2.09. The molecule has 0 bridgehead atoms. The van der Waals surface area contributed by atoms with Crippen LogP contribution in [-0.4, -0.2) is 41.9 Å². The second-order valence-electron chi connectivity index (χ2n) is 7.76. The molecular formula is C16H27O6PSi2. The highest BCUT2D eigenvalue weighted by Gasteiger charge is 2.32. The maximum Gasteiger partial charge on any atom is 0.465 e. The molecule has 0 spiro atoms. The van der Waals surface area contributed by atoms with Gasteiger partial charge in [-0.05, 0) is 51.4 Å². The molecule has 140 valence electrons. The molecule has 0 saturated heterocycles. The van der Waals surface area contributed by atoms with E-state index in [0.29, 0.717) is 17.9 Å². The van der Waals surface area contributed by atoms with Crippen LogP contribution >= 0.6 is 8.60 Å². The van der Waals surface area contributed by atoms with Crippen LogP contribution in [-0.2, 0) is 17.9 Å². The Morgan fingerprint density at radius 2 is 1.68 bits per heavy atom. The summed E-state index contributed by atoms with van der Waals surface area (Å²) in [6, 6.07) is 6.98. The summed E-state index contributed by atoms with van der Waals surface area (Å²) in [6.45, 7) is 13.5. The van der Waals surface area contributed by atoms with Gasteiger partial charge in [0.05, 0.1) is 19.3 Å². The Bertz CT molecular complexity index is 599. The van der Waals surface area contributed by atoms with Crippen LogP contribution in [0, 0.1) is 0 Å². The third-order valence-corrected chi connectivity index (χ3v) is 6.12. The van der Waals surface area contributed by atoms with Crippen molar-refractivity contribution >= 4 is 31.2 Å². The highest BCUT2D eigenvalue weighted by molar-refractivity contribution is 7.43. The Labute approximate surface area is 153 Å². The normalized spacial score (nSPS) is 19.0. The van der Waals surface area contributed by atoms with Crippen molar-refractivity contribution in [2.45, 2.75) is 45.4 Å². The molecular weight excluding hydrogens is 375 g/mol. The largest absolute Gasteiger partial charge is 0.465 e. The van der Waals surface area contributed by atoms with Gasteiger partial charge in [-0.3, -0.25) is 4.52 Å². The van der Waals surface area contributed by atoms with E-state index in [4.69, 9.17) is 22.4 Å². The zero-order valence-corrected chi connectivity index (χ0v) is 18.6. The molecule has 6 nitrogen and oxygen atoms in total. The Balaban J connectivity index is 1.94. The van der Waals surface area contributed by atoms with Crippen LogP contribution in [0.5, 0.6) is 5.75 Å². The van der Waals surface area contributed by atoms with E-state index in [-0.39, 0.29) is 12.7 Å². The highest BCUT2D eigenvalue weighted by atomic mass is 31.2. The number of hydrogen-bond donors (Lipinski definition) is 0. The number of carbonyl (C=O) groups is 1. The summed E-state index contributed by atoms with van der Waals surface area (Å²) in [5.74, 6) is 0.0693.